The summed E-state index contributed by atoms with van der Waals surface area (Å²) in [5.41, 5.74) is 0.872. The van der Waals surface area contributed by atoms with Gasteiger partial charge in [-0.05, 0) is 18.2 Å². The Hall–Kier alpha value is -0.910. The van der Waals surface area contributed by atoms with Gasteiger partial charge in [-0.1, -0.05) is 22.0 Å². The summed E-state index contributed by atoms with van der Waals surface area (Å²) in [6, 6.07) is 7.43. The van der Waals surface area contributed by atoms with Crippen molar-refractivity contribution in [1.82, 2.24) is 5.32 Å². The lowest BCUT2D eigenvalue weighted by molar-refractivity contribution is -0.123. The van der Waals surface area contributed by atoms with E-state index in [4.69, 9.17) is 4.74 Å². The van der Waals surface area contributed by atoms with Gasteiger partial charge in [0.1, 0.15) is 6.04 Å². The second-order valence-corrected chi connectivity index (χ2v) is 4.87. The number of benzene rings is 1. The quantitative estimate of drug-likeness (QED) is 0.897. The van der Waals surface area contributed by atoms with Crippen molar-refractivity contribution in [3.05, 3.63) is 28.7 Å². The van der Waals surface area contributed by atoms with Crippen LogP contribution >= 0.6 is 15.9 Å². The fourth-order valence-corrected chi connectivity index (χ4v) is 2.16. The topological polar surface area (TPSA) is 41.6 Å². The molecule has 1 amide bonds. The number of hydrogen-bond donors (Lipinski definition) is 1. The molecule has 1 fully saturated rings. The molecule has 1 aliphatic heterocycles. The van der Waals surface area contributed by atoms with E-state index in [1.807, 2.05) is 24.3 Å². The van der Waals surface area contributed by atoms with Crippen molar-refractivity contribution < 1.29 is 9.53 Å². The van der Waals surface area contributed by atoms with Crippen LogP contribution in [-0.4, -0.2) is 38.8 Å². The van der Waals surface area contributed by atoms with Gasteiger partial charge < -0.3 is 15.0 Å². The Balaban J connectivity index is 2.08. The van der Waals surface area contributed by atoms with Crippen molar-refractivity contribution >= 4 is 27.5 Å². The largest absolute Gasteiger partial charge is 0.378 e. The molecule has 1 unspecified atom stereocenters. The van der Waals surface area contributed by atoms with E-state index in [-0.39, 0.29) is 11.9 Å². The molecule has 0 spiro atoms. The van der Waals surface area contributed by atoms with Crippen LogP contribution in [0.15, 0.2) is 28.7 Å². The lowest BCUT2D eigenvalue weighted by Gasteiger charge is -2.27. The first-order valence-corrected chi connectivity index (χ1v) is 6.32. The van der Waals surface area contributed by atoms with Gasteiger partial charge in [-0.25, -0.2) is 0 Å². The highest BCUT2D eigenvalue weighted by Crippen LogP contribution is 2.19. The van der Waals surface area contributed by atoms with E-state index in [1.54, 1.807) is 11.9 Å². The SMILES string of the molecule is CN(C(=O)C1COCCN1)c1cccc(Br)c1. The summed E-state index contributed by atoms with van der Waals surface area (Å²) in [6.45, 7) is 1.84. The normalized spacial score (nSPS) is 20.0. The van der Waals surface area contributed by atoms with Crippen LogP contribution in [0.1, 0.15) is 0 Å². The third-order valence-electron chi connectivity index (χ3n) is 2.75. The molecule has 92 valence electrons. The molecule has 1 saturated heterocycles. The molecule has 1 aromatic carbocycles. The van der Waals surface area contributed by atoms with Crippen molar-refractivity contribution in [1.29, 1.82) is 0 Å². The maximum absolute atomic E-state index is 12.2. The van der Waals surface area contributed by atoms with E-state index < -0.39 is 0 Å². The van der Waals surface area contributed by atoms with Crippen molar-refractivity contribution in [2.75, 3.05) is 31.7 Å². The standard InChI is InChI=1S/C12H15BrN2O2/c1-15(10-4-2-3-9(13)7-10)12(16)11-8-17-6-5-14-11/h2-4,7,11,14H,5-6,8H2,1H3. The van der Waals surface area contributed by atoms with Gasteiger partial charge in [0, 0.05) is 23.8 Å². The molecule has 2 rings (SSSR count). The third kappa shape index (κ3) is 3.06. The van der Waals surface area contributed by atoms with Crippen LogP contribution in [0.3, 0.4) is 0 Å². The van der Waals surface area contributed by atoms with E-state index in [9.17, 15) is 4.79 Å². The minimum atomic E-state index is -0.243. The Bertz CT molecular complexity index is 405. The molecule has 0 aromatic heterocycles. The minimum absolute atomic E-state index is 0.0304. The monoisotopic (exact) mass is 298 g/mol. The Morgan fingerprint density at radius 2 is 2.41 bits per heavy atom. The smallest absolute Gasteiger partial charge is 0.246 e. The average molecular weight is 299 g/mol. The highest BCUT2D eigenvalue weighted by Gasteiger charge is 2.24. The number of anilines is 1. The van der Waals surface area contributed by atoms with Crippen LogP contribution in [-0.2, 0) is 9.53 Å². The van der Waals surface area contributed by atoms with Crippen LogP contribution in [0.2, 0.25) is 0 Å². The van der Waals surface area contributed by atoms with Gasteiger partial charge in [-0.15, -0.1) is 0 Å². The predicted molar refractivity (Wildman–Crippen MR) is 70.2 cm³/mol. The molecule has 4 nitrogen and oxygen atoms in total. The zero-order valence-electron chi connectivity index (χ0n) is 9.65. The second kappa shape index (κ2) is 5.62. The number of hydrogen-bond acceptors (Lipinski definition) is 3. The number of morpholine rings is 1. The van der Waals surface area contributed by atoms with Crippen LogP contribution in [0, 0.1) is 0 Å². The molecule has 0 bridgehead atoms. The number of nitrogens with one attached hydrogen (secondary N) is 1. The number of amides is 1. The van der Waals surface area contributed by atoms with Gasteiger partial charge in [0.2, 0.25) is 5.91 Å². The predicted octanol–water partition coefficient (Wildman–Crippen LogP) is 1.40. The molecule has 0 saturated carbocycles. The highest BCUT2D eigenvalue weighted by atomic mass is 79.9. The van der Waals surface area contributed by atoms with E-state index in [0.29, 0.717) is 13.2 Å². The molecule has 17 heavy (non-hydrogen) atoms. The maximum Gasteiger partial charge on any atom is 0.246 e. The summed E-state index contributed by atoms with van der Waals surface area (Å²) >= 11 is 3.40. The van der Waals surface area contributed by atoms with E-state index in [0.717, 1.165) is 16.7 Å². The van der Waals surface area contributed by atoms with Gasteiger partial charge >= 0.3 is 0 Å². The minimum Gasteiger partial charge on any atom is -0.378 e. The summed E-state index contributed by atoms with van der Waals surface area (Å²) in [5, 5.41) is 3.16. The summed E-state index contributed by atoms with van der Waals surface area (Å²) in [5.74, 6) is 0.0304. The lowest BCUT2D eigenvalue weighted by Crippen LogP contribution is -2.51. The summed E-state index contributed by atoms with van der Waals surface area (Å²) in [6.07, 6.45) is 0. The number of ether oxygens (including phenoxy) is 1. The van der Waals surface area contributed by atoms with Crippen LogP contribution in [0.4, 0.5) is 5.69 Å². The zero-order chi connectivity index (χ0) is 12.3. The first-order chi connectivity index (χ1) is 8.18. The number of carbonyl (C=O) groups excluding carboxylic acids is 1. The first-order valence-electron chi connectivity index (χ1n) is 5.53. The number of carbonyl (C=O) groups is 1. The molecule has 5 heteroatoms. The number of nitrogens with zero attached hydrogens (tertiary/aromatic N) is 1. The van der Waals surface area contributed by atoms with Crippen molar-refractivity contribution in [3.8, 4) is 0 Å². The molecular weight excluding hydrogens is 284 g/mol. The van der Waals surface area contributed by atoms with Crippen LogP contribution < -0.4 is 10.2 Å². The Kier molecular flexibility index (Phi) is 4.15. The molecular formula is C12H15BrN2O2. The Morgan fingerprint density at radius 1 is 1.59 bits per heavy atom. The fourth-order valence-electron chi connectivity index (χ4n) is 1.77. The van der Waals surface area contributed by atoms with E-state index in [1.165, 1.54) is 0 Å². The molecule has 1 aromatic rings. The molecule has 1 heterocycles. The van der Waals surface area contributed by atoms with E-state index in [2.05, 4.69) is 21.2 Å². The van der Waals surface area contributed by atoms with Gasteiger partial charge in [0.05, 0.1) is 13.2 Å². The summed E-state index contributed by atoms with van der Waals surface area (Å²) in [7, 11) is 1.78. The van der Waals surface area contributed by atoms with Crippen molar-refractivity contribution in [2.24, 2.45) is 0 Å². The Morgan fingerprint density at radius 3 is 3.06 bits per heavy atom. The van der Waals surface area contributed by atoms with Crippen LogP contribution in [0.25, 0.3) is 0 Å². The van der Waals surface area contributed by atoms with Gasteiger partial charge in [0.25, 0.3) is 0 Å². The highest BCUT2D eigenvalue weighted by molar-refractivity contribution is 9.10. The number of halogens is 1. The van der Waals surface area contributed by atoms with Gasteiger partial charge in [-0.3, -0.25) is 4.79 Å². The fraction of sp³-hybridized carbons (Fsp3) is 0.417. The van der Waals surface area contributed by atoms with Gasteiger partial charge in [0.15, 0.2) is 0 Å². The van der Waals surface area contributed by atoms with Crippen LogP contribution in [0.5, 0.6) is 0 Å². The maximum atomic E-state index is 12.2. The summed E-state index contributed by atoms with van der Waals surface area (Å²) in [4.78, 5) is 13.8. The molecule has 1 aliphatic rings. The molecule has 0 aliphatic carbocycles. The molecule has 1 N–H and O–H groups in total. The average Bonchev–Trinajstić information content (AvgIpc) is 2.38. The van der Waals surface area contributed by atoms with Crippen molar-refractivity contribution in [3.63, 3.8) is 0 Å². The number of likely N-dealkylation sites (N-methyl/N-ethyl adjacent to an activating group) is 1. The second-order valence-electron chi connectivity index (χ2n) is 3.96. The third-order valence-corrected chi connectivity index (χ3v) is 3.24. The summed E-state index contributed by atoms with van der Waals surface area (Å²) < 4.78 is 6.25. The molecule has 1 atom stereocenters. The van der Waals surface area contributed by atoms with E-state index >= 15 is 0 Å². The zero-order valence-corrected chi connectivity index (χ0v) is 11.2. The Labute approximate surface area is 109 Å². The number of rotatable bonds is 2. The first kappa shape index (κ1) is 12.5. The lowest BCUT2D eigenvalue weighted by atomic mass is 10.2. The van der Waals surface area contributed by atoms with Crippen molar-refractivity contribution in [2.45, 2.75) is 6.04 Å². The molecule has 0 radical (unpaired) electrons. The van der Waals surface area contributed by atoms with Gasteiger partial charge in [-0.2, -0.15) is 0 Å².